The molecule has 1 aliphatic carbocycles. The van der Waals surface area contributed by atoms with Gasteiger partial charge in [-0.1, -0.05) is 18.1 Å². The normalized spacial score (nSPS) is 22.8. The van der Waals surface area contributed by atoms with Gasteiger partial charge in [0.2, 0.25) is 0 Å². The predicted octanol–water partition coefficient (Wildman–Crippen LogP) is 2.99. The molecular formula is C16H24O3. The Hall–Kier alpha value is -1.27. The molecule has 106 valence electrons. The summed E-state index contributed by atoms with van der Waals surface area (Å²) >= 11 is 0. The smallest absolute Gasteiger partial charge is 0.303 e. The second kappa shape index (κ2) is 8.77. The van der Waals surface area contributed by atoms with Crippen LogP contribution >= 0.6 is 0 Å². The number of rotatable bonds is 8. The van der Waals surface area contributed by atoms with Gasteiger partial charge < -0.3 is 10.2 Å². The van der Waals surface area contributed by atoms with E-state index in [2.05, 4.69) is 24.0 Å². The lowest BCUT2D eigenvalue weighted by molar-refractivity contribution is -0.137. The largest absolute Gasteiger partial charge is 0.481 e. The molecule has 3 atom stereocenters. The molecule has 1 saturated carbocycles. The summed E-state index contributed by atoms with van der Waals surface area (Å²) in [7, 11) is 0. The number of aliphatic hydroxyl groups is 1. The van der Waals surface area contributed by atoms with E-state index in [1.54, 1.807) is 6.92 Å². The van der Waals surface area contributed by atoms with Crippen LogP contribution in [0.15, 0.2) is 12.2 Å². The monoisotopic (exact) mass is 264 g/mol. The van der Waals surface area contributed by atoms with E-state index in [0.717, 1.165) is 37.5 Å². The van der Waals surface area contributed by atoms with Crippen LogP contribution in [0.2, 0.25) is 0 Å². The highest BCUT2D eigenvalue weighted by Gasteiger charge is 2.34. The number of carbonyl (C=O) groups is 1. The van der Waals surface area contributed by atoms with Crippen molar-refractivity contribution in [3.63, 3.8) is 0 Å². The van der Waals surface area contributed by atoms with Crippen molar-refractivity contribution in [2.75, 3.05) is 0 Å². The first kappa shape index (κ1) is 15.8. The van der Waals surface area contributed by atoms with Gasteiger partial charge in [0.25, 0.3) is 0 Å². The number of hydrogen-bond acceptors (Lipinski definition) is 2. The van der Waals surface area contributed by atoms with Gasteiger partial charge in [0, 0.05) is 12.8 Å². The van der Waals surface area contributed by atoms with Crippen molar-refractivity contribution in [3.05, 3.63) is 12.2 Å². The molecule has 0 aromatic carbocycles. The predicted molar refractivity (Wildman–Crippen MR) is 75.5 cm³/mol. The average Bonchev–Trinajstić information content (AvgIpc) is 3.05. The summed E-state index contributed by atoms with van der Waals surface area (Å²) < 4.78 is 0. The van der Waals surface area contributed by atoms with Crippen LogP contribution in [-0.2, 0) is 4.79 Å². The molecule has 2 N–H and O–H groups in total. The number of aliphatic hydroxyl groups excluding tert-OH is 1. The maximum Gasteiger partial charge on any atom is 0.303 e. The lowest BCUT2D eigenvalue weighted by Crippen LogP contribution is -1.92. The zero-order valence-electron chi connectivity index (χ0n) is 11.6. The first-order valence-corrected chi connectivity index (χ1v) is 7.13. The molecule has 0 heterocycles. The van der Waals surface area contributed by atoms with Gasteiger partial charge >= 0.3 is 5.97 Å². The van der Waals surface area contributed by atoms with Gasteiger partial charge in [-0.25, -0.2) is 0 Å². The van der Waals surface area contributed by atoms with Gasteiger partial charge in [-0.3, -0.25) is 4.79 Å². The van der Waals surface area contributed by atoms with E-state index < -0.39 is 12.1 Å². The molecule has 1 unspecified atom stereocenters. The molecule has 19 heavy (non-hydrogen) atoms. The lowest BCUT2D eigenvalue weighted by Gasteiger charge is -1.94. The SMILES string of the molecule is CC(O)C#CC[C@H]1C[C@@H]1CC/C=C\CCCC(=O)O. The number of aliphatic carboxylic acids is 1. The molecular weight excluding hydrogens is 240 g/mol. The Kier molecular flexibility index (Phi) is 7.28. The van der Waals surface area contributed by atoms with E-state index in [1.165, 1.54) is 12.8 Å². The van der Waals surface area contributed by atoms with Gasteiger partial charge in [0.15, 0.2) is 0 Å². The minimum atomic E-state index is -0.715. The molecule has 0 aromatic rings. The summed E-state index contributed by atoms with van der Waals surface area (Å²) in [6.07, 6.45) is 10.1. The number of hydrogen-bond donors (Lipinski definition) is 2. The van der Waals surface area contributed by atoms with Crippen LogP contribution in [0.3, 0.4) is 0 Å². The molecule has 0 bridgehead atoms. The van der Waals surface area contributed by atoms with E-state index >= 15 is 0 Å². The second-order valence-electron chi connectivity index (χ2n) is 5.29. The van der Waals surface area contributed by atoms with Gasteiger partial charge in [-0.15, -0.1) is 5.92 Å². The fraction of sp³-hybridized carbons (Fsp3) is 0.688. The molecule has 0 aliphatic heterocycles. The third kappa shape index (κ3) is 8.45. The zero-order chi connectivity index (χ0) is 14.1. The Morgan fingerprint density at radius 2 is 2.11 bits per heavy atom. The summed E-state index contributed by atoms with van der Waals surface area (Å²) in [5.41, 5.74) is 0. The van der Waals surface area contributed by atoms with Crippen molar-refractivity contribution in [1.29, 1.82) is 0 Å². The molecule has 0 spiro atoms. The molecule has 1 rings (SSSR count). The van der Waals surface area contributed by atoms with Crippen molar-refractivity contribution < 1.29 is 15.0 Å². The quantitative estimate of drug-likeness (QED) is 0.402. The van der Waals surface area contributed by atoms with E-state index in [9.17, 15) is 4.79 Å². The number of carboxylic acid groups (broad SMARTS) is 1. The van der Waals surface area contributed by atoms with Gasteiger partial charge in [0.05, 0.1) is 0 Å². The number of carboxylic acids is 1. The molecule has 0 aromatic heterocycles. The average molecular weight is 264 g/mol. The van der Waals surface area contributed by atoms with Crippen LogP contribution < -0.4 is 0 Å². The van der Waals surface area contributed by atoms with Crippen LogP contribution in [0.25, 0.3) is 0 Å². The highest BCUT2D eigenvalue weighted by atomic mass is 16.4. The standard InChI is InChI=1S/C16H24O3/c1-13(17)8-7-10-15-12-14(15)9-5-3-2-4-6-11-16(18)19/h2-3,13-15,17H,4-6,9-12H2,1H3,(H,18,19)/b3-2-/t13?,14-,15-/m0/s1. The van der Waals surface area contributed by atoms with E-state index in [0.29, 0.717) is 0 Å². The second-order valence-corrected chi connectivity index (χ2v) is 5.29. The Balaban J connectivity index is 1.96. The first-order valence-electron chi connectivity index (χ1n) is 7.13. The minimum Gasteiger partial charge on any atom is -0.481 e. The Labute approximate surface area is 115 Å². The van der Waals surface area contributed by atoms with E-state index in [4.69, 9.17) is 10.2 Å². The Morgan fingerprint density at radius 1 is 1.37 bits per heavy atom. The topological polar surface area (TPSA) is 57.5 Å². The van der Waals surface area contributed by atoms with Crippen molar-refractivity contribution in [2.24, 2.45) is 11.8 Å². The highest BCUT2D eigenvalue weighted by Crippen LogP contribution is 2.44. The maximum atomic E-state index is 10.3. The summed E-state index contributed by atoms with van der Waals surface area (Å²) in [6, 6.07) is 0. The number of allylic oxidation sites excluding steroid dienone is 2. The van der Waals surface area contributed by atoms with Crippen LogP contribution in [0, 0.1) is 23.7 Å². The fourth-order valence-electron chi connectivity index (χ4n) is 2.17. The van der Waals surface area contributed by atoms with Gasteiger partial charge in [-0.05, 0) is 50.9 Å². The van der Waals surface area contributed by atoms with Crippen molar-refractivity contribution >= 4 is 5.97 Å². The van der Waals surface area contributed by atoms with Crippen LogP contribution in [0.4, 0.5) is 0 Å². The fourth-order valence-corrected chi connectivity index (χ4v) is 2.17. The molecule has 1 aliphatic rings. The molecule has 3 nitrogen and oxygen atoms in total. The third-order valence-corrected chi connectivity index (χ3v) is 3.38. The lowest BCUT2D eigenvalue weighted by atomic mass is 10.1. The maximum absolute atomic E-state index is 10.3. The van der Waals surface area contributed by atoms with Crippen molar-refractivity contribution in [3.8, 4) is 11.8 Å². The van der Waals surface area contributed by atoms with Gasteiger partial charge in [0.1, 0.15) is 6.10 Å². The molecule has 0 amide bonds. The molecule has 0 radical (unpaired) electrons. The zero-order valence-corrected chi connectivity index (χ0v) is 11.6. The van der Waals surface area contributed by atoms with Crippen LogP contribution in [0.1, 0.15) is 51.9 Å². The van der Waals surface area contributed by atoms with Crippen LogP contribution in [-0.4, -0.2) is 22.3 Å². The van der Waals surface area contributed by atoms with Crippen molar-refractivity contribution in [1.82, 2.24) is 0 Å². The van der Waals surface area contributed by atoms with Crippen molar-refractivity contribution in [2.45, 2.75) is 58.0 Å². The first-order chi connectivity index (χ1) is 9.09. The Morgan fingerprint density at radius 3 is 2.79 bits per heavy atom. The van der Waals surface area contributed by atoms with Gasteiger partial charge in [-0.2, -0.15) is 0 Å². The summed E-state index contributed by atoms with van der Waals surface area (Å²) in [5, 5.41) is 17.5. The number of unbranched alkanes of at least 4 members (excludes halogenated alkanes) is 1. The van der Waals surface area contributed by atoms with Crippen LogP contribution in [0.5, 0.6) is 0 Å². The van der Waals surface area contributed by atoms with E-state index in [-0.39, 0.29) is 6.42 Å². The molecule has 1 fully saturated rings. The Bertz CT molecular complexity index is 360. The summed E-state index contributed by atoms with van der Waals surface area (Å²) in [4.78, 5) is 10.3. The van der Waals surface area contributed by atoms with E-state index in [1.807, 2.05) is 0 Å². The molecule has 0 saturated heterocycles. The molecule has 3 heteroatoms. The summed E-state index contributed by atoms with van der Waals surface area (Å²) in [6.45, 7) is 1.69. The highest BCUT2D eigenvalue weighted by molar-refractivity contribution is 5.66. The minimum absolute atomic E-state index is 0.261. The third-order valence-electron chi connectivity index (χ3n) is 3.38. The summed E-state index contributed by atoms with van der Waals surface area (Å²) in [5.74, 6) is 6.62.